The Morgan fingerprint density at radius 3 is 2.32 bits per heavy atom. The lowest BCUT2D eigenvalue weighted by Crippen LogP contribution is -2.36. The molecule has 0 aliphatic heterocycles. The van der Waals surface area contributed by atoms with Gasteiger partial charge in [-0.2, -0.15) is 13.2 Å². The molecule has 1 amide bonds. The van der Waals surface area contributed by atoms with Crippen LogP contribution in [-0.2, 0) is 17.9 Å². The Labute approximate surface area is 179 Å². The minimum absolute atomic E-state index is 0.0140. The van der Waals surface area contributed by atoms with Crippen LogP contribution >= 0.6 is 0 Å². The Kier molecular flexibility index (Phi) is 9.17. The summed E-state index contributed by atoms with van der Waals surface area (Å²) in [6.45, 7) is 1.58. The summed E-state index contributed by atoms with van der Waals surface area (Å²) in [6, 6.07) is 13.9. The lowest BCUT2D eigenvalue weighted by atomic mass is 10.2. The van der Waals surface area contributed by atoms with E-state index < -0.39 is 12.8 Å². The van der Waals surface area contributed by atoms with Crippen LogP contribution in [0.5, 0.6) is 5.75 Å². The number of rotatable bonds is 9. The highest BCUT2D eigenvalue weighted by atomic mass is 19.4. The average Bonchev–Trinajstić information content (AvgIpc) is 2.73. The van der Waals surface area contributed by atoms with Crippen molar-refractivity contribution in [3.63, 3.8) is 0 Å². The van der Waals surface area contributed by atoms with Crippen LogP contribution in [0.2, 0.25) is 0 Å². The quantitative estimate of drug-likeness (QED) is 0.406. The maximum Gasteiger partial charge on any atom is 0.422 e. The predicted octanol–water partition coefficient (Wildman–Crippen LogP) is 4.23. The molecule has 0 radical (unpaired) electrons. The Morgan fingerprint density at radius 2 is 1.71 bits per heavy atom. The molecule has 0 saturated carbocycles. The number of hydrogen-bond acceptors (Lipinski definition) is 3. The second kappa shape index (κ2) is 11.8. The molecule has 0 spiro atoms. The molecule has 0 heterocycles. The van der Waals surface area contributed by atoms with E-state index in [1.54, 1.807) is 19.2 Å². The van der Waals surface area contributed by atoms with Crippen molar-refractivity contribution in [3.05, 3.63) is 59.7 Å². The molecule has 0 fully saturated rings. The molecular weight excluding hydrogens is 409 g/mol. The van der Waals surface area contributed by atoms with E-state index in [2.05, 4.69) is 20.9 Å². The van der Waals surface area contributed by atoms with Crippen molar-refractivity contribution in [2.75, 3.05) is 19.0 Å². The van der Waals surface area contributed by atoms with Crippen molar-refractivity contribution in [2.45, 2.75) is 39.0 Å². The fraction of sp³-hybridized carbons (Fsp3) is 0.364. The molecule has 3 N–H and O–H groups in total. The van der Waals surface area contributed by atoms with Gasteiger partial charge in [-0.25, -0.2) is 0 Å². The van der Waals surface area contributed by atoms with Gasteiger partial charge >= 0.3 is 6.18 Å². The van der Waals surface area contributed by atoms with Gasteiger partial charge in [-0.1, -0.05) is 31.2 Å². The molecule has 2 rings (SSSR count). The van der Waals surface area contributed by atoms with Crippen LogP contribution in [0.25, 0.3) is 0 Å². The van der Waals surface area contributed by atoms with E-state index in [0.29, 0.717) is 25.5 Å². The van der Waals surface area contributed by atoms with Crippen LogP contribution in [0, 0.1) is 0 Å². The number of nitrogens with one attached hydrogen (secondary N) is 3. The summed E-state index contributed by atoms with van der Waals surface area (Å²) >= 11 is 0. The molecule has 0 atom stereocenters. The SMILES string of the molecule is CCCC(=O)Nc1cccc(CNC(=NC)NCc2ccc(OCC(F)(F)F)cc2)c1. The first kappa shape index (κ1) is 24.0. The Hall–Kier alpha value is -3.23. The van der Waals surface area contributed by atoms with Gasteiger partial charge in [0.1, 0.15) is 5.75 Å². The summed E-state index contributed by atoms with van der Waals surface area (Å²) in [5.41, 5.74) is 2.58. The Balaban J connectivity index is 1.82. The van der Waals surface area contributed by atoms with Gasteiger partial charge in [-0.05, 0) is 41.8 Å². The molecular formula is C22H27F3N4O2. The van der Waals surface area contributed by atoms with Gasteiger partial charge in [0.25, 0.3) is 0 Å². The Morgan fingerprint density at radius 1 is 1.03 bits per heavy atom. The lowest BCUT2D eigenvalue weighted by Gasteiger charge is -2.13. The van der Waals surface area contributed by atoms with Gasteiger partial charge in [0, 0.05) is 32.2 Å². The van der Waals surface area contributed by atoms with E-state index in [1.807, 2.05) is 31.2 Å². The van der Waals surface area contributed by atoms with Crippen molar-refractivity contribution in [1.29, 1.82) is 0 Å². The number of hydrogen-bond donors (Lipinski definition) is 3. The number of carbonyl (C=O) groups is 1. The average molecular weight is 436 g/mol. The van der Waals surface area contributed by atoms with E-state index in [-0.39, 0.29) is 11.7 Å². The van der Waals surface area contributed by atoms with E-state index >= 15 is 0 Å². The zero-order valence-corrected chi connectivity index (χ0v) is 17.6. The fourth-order valence-corrected chi connectivity index (χ4v) is 2.67. The van der Waals surface area contributed by atoms with Gasteiger partial charge in [0.2, 0.25) is 5.91 Å². The second-order valence-corrected chi connectivity index (χ2v) is 6.83. The maximum absolute atomic E-state index is 12.2. The molecule has 0 bridgehead atoms. The van der Waals surface area contributed by atoms with Gasteiger partial charge in [-0.3, -0.25) is 9.79 Å². The summed E-state index contributed by atoms with van der Waals surface area (Å²) in [5.74, 6) is 0.715. The van der Waals surface area contributed by atoms with Gasteiger partial charge in [-0.15, -0.1) is 0 Å². The van der Waals surface area contributed by atoms with Crippen LogP contribution < -0.4 is 20.7 Å². The van der Waals surface area contributed by atoms with Crippen LogP contribution in [0.4, 0.5) is 18.9 Å². The van der Waals surface area contributed by atoms with Crippen LogP contribution in [-0.4, -0.2) is 31.7 Å². The third kappa shape index (κ3) is 9.41. The van der Waals surface area contributed by atoms with Gasteiger partial charge < -0.3 is 20.7 Å². The smallest absolute Gasteiger partial charge is 0.422 e. The molecule has 31 heavy (non-hydrogen) atoms. The standard InChI is InChI=1S/C22H27F3N4O2/c1-3-5-20(30)29-18-7-4-6-17(12-18)14-28-21(26-2)27-13-16-8-10-19(11-9-16)31-15-22(23,24)25/h4,6-12H,3,5,13-15H2,1-2H3,(H,29,30)(H2,26,27,28). The third-order valence-corrected chi connectivity index (χ3v) is 4.16. The number of halogens is 3. The van der Waals surface area contributed by atoms with Gasteiger partial charge in [0.15, 0.2) is 12.6 Å². The summed E-state index contributed by atoms with van der Waals surface area (Å²) < 4.78 is 41.3. The topological polar surface area (TPSA) is 74.8 Å². The summed E-state index contributed by atoms with van der Waals surface area (Å²) in [4.78, 5) is 15.9. The van der Waals surface area contributed by atoms with Crippen LogP contribution in [0.1, 0.15) is 30.9 Å². The Bertz CT molecular complexity index is 868. The predicted molar refractivity (Wildman–Crippen MR) is 115 cm³/mol. The fourth-order valence-electron chi connectivity index (χ4n) is 2.67. The van der Waals surface area contributed by atoms with E-state index in [0.717, 1.165) is 23.2 Å². The zero-order chi connectivity index (χ0) is 22.7. The highest BCUT2D eigenvalue weighted by Crippen LogP contribution is 2.18. The number of alkyl halides is 3. The van der Waals surface area contributed by atoms with Crippen molar-refractivity contribution in [1.82, 2.24) is 10.6 Å². The maximum atomic E-state index is 12.2. The number of benzene rings is 2. The molecule has 9 heteroatoms. The van der Waals surface area contributed by atoms with Crippen molar-refractivity contribution >= 4 is 17.6 Å². The minimum atomic E-state index is -4.36. The van der Waals surface area contributed by atoms with E-state index in [4.69, 9.17) is 4.74 Å². The summed E-state index contributed by atoms with van der Waals surface area (Å²) in [7, 11) is 1.64. The highest BCUT2D eigenvalue weighted by molar-refractivity contribution is 5.90. The number of ether oxygens (including phenoxy) is 1. The number of guanidine groups is 1. The molecule has 0 aliphatic carbocycles. The number of aliphatic imine (C=N–C) groups is 1. The summed E-state index contributed by atoms with van der Waals surface area (Å²) in [5, 5.41) is 9.20. The molecule has 2 aromatic carbocycles. The largest absolute Gasteiger partial charge is 0.484 e. The molecule has 0 saturated heterocycles. The number of nitrogens with zero attached hydrogens (tertiary/aromatic N) is 1. The number of carbonyl (C=O) groups excluding carboxylic acids is 1. The molecule has 2 aromatic rings. The van der Waals surface area contributed by atoms with Crippen molar-refractivity contribution in [2.24, 2.45) is 4.99 Å². The second-order valence-electron chi connectivity index (χ2n) is 6.83. The van der Waals surface area contributed by atoms with Gasteiger partial charge in [0.05, 0.1) is 0 Å². The molecule has 168 valence electrons. The van der Waals surface area contributed by atoms with E-state index in [1.165, 1.54) is 12.1 Å². The first-order valence-electron chi connectivity index (χ1n) is 9.91. The first-order chi connectivity index (χ1) is 14.8. The number of amides is 1. The summed E-state index contributed by atoms with van der Waals surface area (Å²) in [6.07, 6.45) is -3.09. The molecule has 0 aliphatic rings. The van der Waals surface area contributed by atoms with Crippen molar-refractivity contribution < 1.29 is 22.7 Å². The van der Waals surface area contributed by atoms with E-state index in [9.17, 15) is 18.0 Å². The normalized spacial score (nSPS) is 11.7. The molecule has 0 aromatic heterocycles. The van der Waals surface area contributed by atoms with Crippen LogP contribution in [0.3, 0.4) is 0 Å². The molecule has 0 unspecified atom stereocenters. The minimum Gasteiger partial charge on any atom is -0.484 e. The highest BCUT2D eigenvalue weighted by Gasteiger charge is 2.28. The lowest BCUT2D eigenvalue weighted by molar-refractivity contribution is -0.153. The van der Waals surface area contributed by atoms with Crippen molar-refractivity contribution in [3.8, 4) is 5.75 Å². The first-order valence-corrected chi connectivity index (χ1v) is 9.91. The molecule has 6 nitrogen and oxygen atoms in total. The number of anilines is 1. The monoisotopic (exact) mass is 436 g/mol. The zero-order valence-electron chi connectivity index (χ0n) is 17.6. The van der Waals surface area contributed by atoms with Crippen LogP contribution in [0.15, 0.2) is 53.5 Å². The third-order valence-electron chi connectivity index (χ3n) is 4.16.